The molecule has 5 rings (SSSR count). The highest BCUT2D eigenvalue weighted by Gasteiger charge is 2.45. The highest BCUT2D eigenvalue weighted by atomic mass is 16.2. The van der Waals surface area contributed by atoms with Gasteiger partial charge in [-0.1, -0.05) is 6.07 Å². The van der Waals surface area contributed by atoms with Crippen LogP contribution in [0.25, 0.3) is 0 Å². The molecule has 1 aromatic carbocycles. The zero-order valence-corrected chi connectivity index (χ0v) is 19.5. The molecule has 3 aliphatic heterocycles. The molecule has 3 fully saturated rings. The van der Waals surface area contributed by atoms with E-state index in [9.17, 15) is 19.2 Å². The van der Waals surface area contributed by atoms with Crippen LogP contribution in [0.2, 0.25) is 0 Å². The van der Waals surface area contributed by atoms with E-state index in [-0.39, 0.29) is 30.0 Å². The van der Waals surface area contributed by atoms with Crippen LogP contribution in [0.15, 0.2) is 35.0 Å². The minimum Gasteiger partial charge on any atom is -0.404 e. The molecule has 35 heavy (non-hydrogen) atoms. The predicted molar refractivity (Wildman–Crippen MR) is 130 cm³/mol. The van der Waals surface area contributed by atoms with Gasteiger partial charge < -0.3 is 16.0 Å². The van der Waals surface area contributed by atoms with Crippen LogP contribution in [-0.4, -0.2) is 77.4 Å². The fraction of sp³-hybridized carbons (Fsp3) is 0.480. The lowest BCUT2D eigenvalue weighted by atomic mass is 10.0. The van der Waals surface area contributed by atoms with Crippen LogP contribution in [0.5, 0.6) is 0 Å². The Hall–Kier alpha value is -3.53. The molecule has 1 unspecified atom stereocenters. The summed E-state index contributed by atoms with van der Waals surface area (Å²) < 4.78 is 0. The number of aliphatic imine (C=N–C) groups is 1. The number of nitrogens with two attached hydrogens (primary N) is 1. The fourth-order valence-electron chi connectivity index (χ4n) is 5.05. The molecule has 10 nitrogen and oxygen atoms in total. The molecule has 184 valence electrons. The number of likely N-dealkylation sites (tertiary alicyclic amines) is 1. The van der Waals surface area contributed by atoms with E-state index in [2.05, 4.69) is 15.5 Å². The summed E-state index contributed by atoms with van der Waals surface area (Å²) in [5.41, 5.74) is 7.54. The molecular formula is C25H30N6O4. The van der Waals surface area contributed by atoms with Crippen LogP contribution in [-0.2, 0) is 9.59 Å². The molecule has 0 aromatic heterocycles. The first-order valence-corrected chi connectivity index (χ1v) is 12.2. The van der Waals surface area contributed by atoms with E-state index in [1.807, 2.05) is 0 Å². The van der Waals surface area contributed by atoms with Crippen LogP contribution in [0.1, 0.15) is 59.2 Å². The van der Waals surface area contributed by atoms with Crippen molar-refractivity contribution in [2.75, 3.05) is 25.0 Å². The van der Waals surface area contributed by atoms with Crippen molar-refractivity contribution in [2.24, 2.45) is 10.7 Å². The van der Waals surface area contributed by atoms with Crippen LogP contribution < -0.4 is 16.4 Å². The van der Waals surface area contributed by atoms with Crippen molar-refractivity contribution in [1.29, 1.82) is 0 Å². The number of carbonyl (C=O) groups is 4. The van der Waals surface area contributed by atoms with Gasteiger partial charge in [-0.25, -0.2) is 0 Å². The third kappa shape index (κ3) is 4.70. The Morgan fingerprint density at radius 2 is 1.86 bits per heavy atom. The third-order valence-corrected chi connectivity index (χ3v) is 7.18. The summed E-state index contributed by atoms with van der Waals surface area (Å²) in [4.78, 5) is 58.2. The smallest absolute Gasteiger partial charge is 0.264 e. The van der Waals surface area contributed by atoms with Gasteiger partial charge in [-0.2, -0.15) is 0 Å². The number of fused-ring (bicyclic) bond motifs is 1. The van der Waals surface area contributed by atoms with Gasteiger partial charge in [-0.05, 0) is 44.2 Å². The second-order valence-corrected chi connectivity index (χ2v) is 9.55. The number of hydrogen-bond acceptors (Lipinski definition) is 8. The average Bonchev–Trinajstić information content (AvgIpc) is 3.67. The molecule has 0 bridgehead atoms. The minimum absolute atomic E-state index is 0.0819. The Bertz CT molecular complexity index is 1120. The van der Waals surface area contributed by atoms with E-state index < -0.39 is 29.7 Å². The summed E-state index contributed by atoms with van der Waals surface area (Å²) in [5, 5.41) is 5.41. The van der Waals surface area contributed by atoms with E-state index >= 15 is 0 Å². The summed E-state index contributed by atoms with van der Waals surface area (Å²) in [7, 11) is 0. The average molecular weight is 479 g/mol. The first kappa shape index (κ1) is 23.2. The van der Waals surface area contributed by atoms with Crippen molar-refractivity contribution in [3.05, 3.63) is 41.1 Å². The highest BCUT2D eigenvalue weighted by Crippen LogP contribution is 2.32. The number of carbonyl (C=O) groups excluding carboxylic acids is 4. The number of amides is 4. The van der Waals surface area contributed by atoms with E-state index in [0.717, 1.165) is 42.4 Å². The van der Waals surface area contributed by atoms with Crippen molar-refractivity contribution in [3.8, 4) is 0 Å². The van der Waals surface area contributed by atoms with Crippen molar-refractivity contribution in [3.63, 3.8) is 0 Å². The van der Waals surface area contributed by atoms with Crippen molar-refractivity contribution >= 4 is 35.5 Å². The number of imide groups is 2. The van der Waals surface area contributed by atoms with E-state index in [1.54, 1.807) is 24.4 Å². The standard InChI is InChI=1S/C25H30N6O4/c26-12-15(13-27-16-8-10-30(11-9-16)17-4-5-17)14-28-19-3-1-2-18-22(19)25(35)31(24(18)34)20-6-7-21(32)29-23(20)33/h1-3,12-13,16-17,20,28H,4-11,14,26H2,(H,29,32,33)/b15-12+,27-13?. The zero-order chi connectivity index (χ0) is 24.5. The Kier molecular flexibility index (Phi) is 6.38. The molecule has 10 heteroatoms. The van der Waals surface area contributed by atoms with E-state index in [1.165, 1.54) is 19.0 Å². The normalized spacial score (nSPS) is 24.3. The van der Waals surface area contributed by atoms with Crippen molar-refractivity contribution in [2.45, 2.75) is 56.7 Å². The van der Waals surface area contributed by atoms with Gasteiger partial charge in [0.25, 0.3) is 11.8 Å². The number of hydrogen-bond donors (Lipinski definition) is 3. The number of nitrogens with zero attached hydrogens (tertiary/aromatic N) is 3. The lowest BCUT2D eigenvalue weighted by Gasteiger charge is -2.30. The van der Waals surface area contributed by atoms with Gasteiger partial charge in [0.05, 0.1) is 17.2 Å². The summed E-state index contributed by atoms with van der Waals surface area (Å²) in [6, 6.07) is 5.05. The second kappa shape index (κ2) is 9.61. The van der Waals surface area contributed by atoms with Gasteiger partial charge in [0.1, 0.15) is 6.04 Å². The van der Waals surface area contributed by atoms with Gasteiger partial charge >= 0.3 is 0 Å². The van der Waals surface area contributed by atoms with Crippen LogP contribution in [0, 0.1) is 0 Å². The maximum absolute atomic E-state index is 13.2. The largest absolute Gasteiger partial charge is 0.404 e. The Morgan fingerprint density at radius 3 is 2.54 bits per heavy atom. The van der Waals surface area contributed by atoms with E-state index in [0.29, 0.717) is 12.2 Å². The monoisotopic (exact) mass is 478 g/mol. The zero-order valence-electron chi connectivity index (χ0n) is 19.5. The summed E-state index contributed by atoms with van der Waals surface area (Å²) in [6.07, 6.45) is 8.20. The van der Waals surface area contributed by atoms with Crippen molar-refractivity contribution < 1.29 is 19.2 Å². The quantitative estimate of drug-likeness (QED) is 0.393. The molecule has 4 amide bonds. The van der Waals surface area contributed by atoms with Crippen LogP contribution >= 0.6 is 0 Å². The lowest BCUT2D eigenvalue weighted by Crippen LogP contribution is -2.54. The molecule has 0 radical (unpaired) electrons. The van der Waals surface area contributed by atoms with Gasteiger partial charge in [-0.15, -0.1) is 0 Å². The van der Waals surface area contributed by atoms with Gasteiger partial charge in [0.2, 0.25) is 11.8 Å². The molecule has 3 heterocycles. The van der Waals surface area contributed by atoms with Gasteiger partial charge in [0.15, 0.2) is 0 Å². The molecule has 1 atom stereocenters. The Morgan fingerprint density at radius 1 is 1.09 bits per heavy atom. The summed E-state index contributed by atoms with van der Waals surface area (Å²) in [6.45, 7) is 2.50. The Labute approximate surface area is 203 Å². The maximum atomic E-state index is 13.2. The topological polar surface area (TPSA) is 137 Å². The first-order chi connectivity index (χ1) is 17.0. The SMILES string of the molecule is N/C=C(\C=NC1CCN(C2CC2)CC1)CNc1cccc2c1C(=O)N(C1CCC(=O)NC1=O)C2=O. The predicted octanol–water partition coefficient (Wildman–Crippen LogP) is 1.04. The molecule has 1 aromatic rings. The summed E-state index contributed by atoms with van der Waals surface area (Å²) in [5.74, 6) is -2.10. The van der Waals surface area contributed by atoms with Gasteiger partial charge in [0, 0.05) is 55.8 Å². The number of rotatable bonds is 7. The van der Waals surface area contributed by atoms with Gasteiger partial charge in [-0.3, -0.25) is 34.4 Å². The third-order valence-electron chi connectivity index (χ3n) is 7.18. The fourth-order valence-corrected chi connectivity index (χ4v) is 5.05. The number of benzene rings is 1. The summed E-state index contributed by atoms with van der Waals surface area (Å²) >= 11 is 0. The van der Waals surface area contributed by atoms with Crippen LogP contribution in [0.4, 0.5) is 5.69 Å². The molecule has 4 aliphatic rings. The van der Waals surface area contributed by atoms with E-state index in [4.69, 9.17) is 10.7 Å². The number of anilines is 1. The molecule has 2 saturated heterocycles. The molecule has 0 spiro atoms. The molecular weight excluding hydrogens is 448 g/mol. The lowest BCUT2D eigenvalue weighted by molar-refractivity contribution is -0.136. The highest BCUT2D eigenvalue weighted by molar-refractivity contribution is 6.25. The Balaban J connectivity index is 1.23. The van der Waals surface area contributed by atoms with Crippen LogP contribution in [0.3, 0.4) is 0 Å². The number of nitrogens with one attached hydrogen (secondary N) is 2. The minimum atomic E-state index is -0.995. The molecule has 1 saturated carbocycles. The number of piperidine rings is 2. The second-order valence-electron chi connectivity index (χ2n) is 9.55. The molecule has 4 N–H and O–H groups in total. The maximum Gasteiger partial charge on any atom is 0.264 e. The van der Waals surface area contributed by atoms with Crippen molar-refractivity contribution in [1.82, 2.24) is 15.1 Å². The molecule has 1 aliphatic carbocycles. The first-order valence-electron chi connectivity index (χ1n) is 12.2.